The van der Waals surface area contributed by atoms with E-state index in [-0.39, 0.29) is 5.97 Å². The predicted molar refractivity (Wildman–Crippen MR) is 76.4 cm³/mol. The van der Waals surface area contributed by atoms with Crippen molar-refractivity contribution in [2.24, 2.45) is 0 Å². The van der Waals surface area contributed by atoms with Crippen LogP contribution in [0.5, 0.6) is 0 Å². The Bertz CT molecular complexity index is 276. The minimum Gasteiger partial charge on any atom is -0.461 e. The second-order valence-corrected chi connectivity index (χ2v) is 5.14. The average Bonchev–Trinajstić information content (AvgIpc) is 2.25. The molecule has 0 aliphatic rings. The highest BCUT2D eigenvalue weighted by Crippen LogP contribution is 2.06. The largest absolute Gasteiger partial charge is 0.461 e. The summed E-state index contributed by atoms with van der Waals surface area (Å²) in [5.41, 5.74) is 2.62. The lowest BCUT2D eigenvalue weighted by atomic mass is 10.1. The van der Waals surface area contributed by atoms with Crippen LogP contribution in [-0.4, -0.2) is 17.9 Å². The zero-order valence-corrected chi connectivity index (χ0v) is 12.7. The van der Waals surface area contributed by atoms with E-state index in [1.165, 1.54) is 11.1 Å². The number of esters is 1. The molecule has 17 heavy (non-hydrogen) atoms. The fourth-order valence-electron chi connectivity index (χ4n) is 1.25. The molecule has 0 N–H and O–H groups in total. The van der Waals surface area contributed by atoms with Gasteiger partial charge < -0.3 is 4.74 Å². The zero-order valence-electron chi connectivity index (χ0n) is 11.1. The van der Waals surface area contributed by atoms with Crippen molar-refractivity contribution < 1.29 is 9.53 Å². The van der Waals surface area contributed by atoms with Crippen LogP contribution in [0.15, 0.2) is 23.3 Å². The summed E-state index contributed by atoms with van der Waals surface area (Å²) in [6.07, 6.45) is 7.63. The summed E-state index contributed by atoms with van der Waals surface area (Å²) in [5.74, 6) is -0.113. The molecule has 0 heterocycles. The Morgan fingerprint density at radius 1 is 1.18 bits per heavy atom. The van der Waals surface area contributed by atoms with Crippen molar-refractivity contribution in [3.63, 3.8) is 0 Å². The number of allylic oxidation sites excluding steroid dienone is 3. The highest BCUT2D eigenvalue weighted by atomic mass is 79.9. The topological polar surface area (TPSA) is 26.3 Å². The lowest BCUT2D eigenvalue weighted by Gasteiger charge is -2.02. The maximum atomic E-state index is 11.2. The van der Waals surface area contributed by atoms with Gasteiger partial charge >= 0.3 is 5.97 Å². The molecule has 3 heteroatoms. The summed E-state index contributed by atoms with van der Waals surface area (Å²) in [4.78, 5) is 11.2. The van der Waals surface area contributed by atoms with Crippen molar-refractivity contribution >= 4 is 21.9 Å². The Morgan fingerprint density at radius 3 is 2.47 bits per heavy atom. The van der Waals surface area contributed by atoms with Gasteiger partial charge in [-0.15, -0.1) is 0 Å². The van der Waals surface area contributed by atoms with Crippen LogP contribution in [0.1, 0.15) is 46.5 Å². The average molecular weight is 303 g/mol. The molecule has 0 aliphatic carbocycles. The molecule has 2 nitrogen and oxygen atoms in total. The minimum absolute atomic E-state index is 0.113. The molecule has 0 aromatic rings. The van der Waals surface area contributed by atoms with E-state index < -0.39 is 0 Å². The fraction of sp³-hybridized carbons (Fsp3) is 0.643. The normalized spacial score (nSPS) is 11.2. The Labute approximate surface area is 113 Å². The first-order valence-corrected chi connectivity index (χ1v) is 7.19. The van der Waals surface area contributed by atoms with Gasteiger partial charge in [-0.05, 0) is 46.1 Å². The quantitative estimate of drug-likeness (QED) is 0.377. The maximum Gasteiger partial charge on any atom is 0.306 e. The summed E-state index contributed by atoms with van der Waals surface area (Å²) >= 11 is 3.28. The number of alkyl halides is 1. The molecule has 0 spiro atoms. The number of ether oxygens (including phenoxy) is 1. The monoisotopic (exact) mass is 302 g/mol. The molecule has 0 amide bonds. The molecular weight excluding hydrogens is 280 g/mol. The van der Waals surface area contributed by atoms with Crippen LogP contribution < -0.4 is 0 Å². The summed E-state index contributed by atoms with van der Waals surface area (Å²) in [5, 5.41) is 0.847. The van der Waals surface area contributed by atoms with Gasteiger partial charge in [0.2, 0.25) is 0 Å². The van der Waals surface area contributed by atoms with Gasteiger partial charge in [0.1, 0.15) is 6.61 Å². The van der Waals surface area contributed by atoms with Gasteiger partial charge in [0.25, 0.3) is 0 Å². The molecule has 0 aliphatic heterocycles. The van der Waals surface area contributed by atoms with Crippen LogP contribution in [0.3, 0.4) is 0 Å². The highest BCUT2D eigenvalue weighted by molar-refractivity contribution is 9.09. The van der Waals surface area contributed by atoms with Gasteiger partial charge in [0, 0.05) is 11.8 Å². The van der Waals surface area contributed by atoms with E-state index in [0.29, 0.717) is 13.0 Å². The third kappa shape index (κ3) is 11.7. The second kappa shape index (κ2) is 10.6. The van der Waals surface area contributed by atoms with E-state index in [4.69, 9.17) is 4.74 Å². The van der Waals surface area contributed by atoms with Crippen molar-refractivity contribution in [1.29, 1.82) is 0 Å². The molecule has 0 saturated carbocycles. The molecule has 0 radical (unpaired) electrons. The van der Waals surface area contributed by atoms with Crippen LogP contribution in [0.25, 0.3) is 0 Å². The number of carbonyl (C=O) groups excluding carboxylic acids is 1. The molecule has 0 fully saturated rings. The van der Waals surface area contributed by atoms with Crippen molar-refractivity contribution in [2.45, 2.75) is 46.5 Å². The van der Waals surface area contributed by atoms with Gasteiger partial charge in [-0.25, -0.2) is 0 Å². The summed E-state index contributed by atoms with van der Waals surface area (Å²) in [6.45, 7) is 6.68. The molecule has 0 aromatic heterocycles. The lowest BCUT2D eigenvalue weighted by Crippen LogP contribution is -2.04. The van der Waals surface area contributed by atoms with Crippen molar-refractivity contribution in [3.05, 3.63) is 23.3 Å². The third-order valence-electron chi connectivity index (χ3n) is 2.28. The first-order valence-electron chi connectivity index (χ1n) is 6.07. The van der Waals surface area contributed by atoms with E-state index >= 15 is 0 Å². The molecule has 0 aromatic carbocycles. The minimum atomic E-state index is -0.113. The lowest BCUT2D eigenvalue weighted by molar-refractivity contribution is -0.142. The SMILES string of the molecule is CC(C)=CCCC(C)=CCOC(=O)CCCBr. The van der Waals surface area contributed by atoms with Crippen molar-refractivity contribution in [1.82, 2.24) is 0 Å². The van der Waals surface area contributed by atoms with Crippen molar-refractivity contribution in [3.8, 4) is 0 Å². The van der Waals surface area contributed by atoms with E-state index in [9.17, 15) is 4.79 Å². The van der Waals surface area contributed by atoms with Crippen LogP contribution in [0, 0.1) is 0 Å². The summed E-state index contributed by atoms with van der Waals surface area (Å²) in [6, 6.07) is 0. The van der Waals surface area contributed by atoms with Crippen LogP contribution in [-0.2, 0) is 9.53 Å². The Morgan fingerprint density at radius 2 is 1.88 bits per heavy atom. The first kappa shape index (κ1) is 16.4. The third-order valence-corrected chi connectivity index (χ3v) is 2.84. The van der Waals surface area contributed by atoms with Gasteiger partial charge in [-0.2, -0.15) is 0 Å². The molecule has 0 atom stereocenters. The number of hydrogen-bond acceptors (Lipinski definition) is 2. The van der Waals surface area contributed by atoms with E-state index in [1.807, 2.05) is 6.08 Å². The van der Waals surface area contributed by atoms with E-state index in [0.717, 1.165) is 24.6 Å². The predicted octanol–water partition coefficient (Wildman–Crippen LogP) is 4.40. The van der Waals surface area contributed by atoms with Gasteiger partial charge in [0.15, 0.2) is 0 Å². The smallest absolute Gasteiger partial charge is 0.306 e. The molecule has 0 unspecified atom stereocenters. The molecule has 0 rings (SSSR count). The molecular formula is C14H23BrO2. The maximum absolute atomic E-state index is 11.2. The number of carbonyl (C=O) groups is 1. The van der Waals surface area contributed by atoms with Crippen LogP contribution in [0.4, 0.5) is 0 Å². The summed E-state index contributed by atoms with van der Waals surface area (Å²) in [7, 11) is 0. The molecule has 0 bridgehead atoms. The van der Waals surface area contributed by atoms with Gasteiger partial charge in [-0.1, -0.05) is 33.2 Å². The molecule has 0 saturated heterocycles. The second-order valence-electron chi connectivity index (χ2n) is 4.35. The standard InChI is InChI=1S/C14H23BrO2/c1-12(2)6-4-7-13(3)9-11-17-14(16)8-5-10-15/h6,9H,4-5,7-8,10-11H2,1-3H3. The zero-order chi connectivity index (χ0) is 13.1. The summed E-state index contributed by atoms with van der Waals surface area (Å²) < 4.78 is 5.09. The first-order chi connectivity index (χ1) is 8.06. The van der Waals surface area contributed by atoms with E-state index in [2.05, 4.69) is 42.8 Å². The fourth-order valence-corrected chi connectivity index (χ4v) is 1.53. The number of halogens is 1. The number of rotatable bonds is 8. The van der Waals surface area contributed by atoms with Gasteiger partial charge in [0.05, 0.1) is 0 Å². The van der Waals surface area contributed by atoms with Crippen LogP contribution >= 0.6 is 15.9 Å². The Balaban J connectivity index is 3.69. The Hall–Kier alpha value is -0.570. The van der Waals surface area contributed by atoms with Gasteiger partial charge in [-0.3, -0.25) is 4.79 Å². The van der Waals surface area contributed by atoms with E-state index in [1.54, 1.807) is 0 Å². The number of hydrogen-bond donors (Lipinski definition) is 0. The Kier molecular flexibility index (Phi) is 10.2. The van der Waals surface area contributed by atoms with Crippen molar-refractivity contribution in [2.75, 3.05) is 11.9 Å². The highest BCUT2D eigenvalue weighted by Gasteiger charge is 2.00. The molecule has 98 valence electrons. The van der Waals surface area contributed by atoms with Crippen LogP contribution in [0.2, 0.25) is 0 Å².